The summed E-state index contributed by atoms with van der Waals surface area (Å²) in [7, 11) is 0. The zero-order chi connectivity index (χ0) is 20.5. The van der Waals surface area contributed by atoms with Crippen LogP contribution in [0.5, 0.6) is 0 Å². The minimum Gasteiger partial charge on any atom is -0.448 e. The van der Waals surface area contributed by atoms with E-state index in [1.807, 2.05) is 12.1 Å². The van der Waals surface area contributed by atoms with Crippen molar-refractivity contribution < 1.29 is 13.9 Å². The van der Waals surface area contributed by atoms with E-state index in [9.17, 15) is 9.18 Å². The standard InChI is InChI=1S/C24H28FN3O2/c25-19-7-5-18(6-8-19)22-17-23(21-4-2-1-3-20(21)22)27-12-9-26(10-13-27)11-14-28-15-16-30-24(28)29/h1-8,22-23H,9-17H2. The first kappa shape index (κ1) is 19.5. The van der Waals surface area contributed by atoms with E-state index in [0.29, 0.717) is 25.1 Å². The van der Waals surface area contributed by atoms with Crippen LogP contribution in [0, 0.1) is 5.82 Å². The molecule has 1 aliphatic carbocycles. The van der Waals surface area contributed by atoms with Gasteiger partial charge in [0.05, 0.1) is 6.54 Å². The van der Waals surface area contributed by atoms with E-state index < -0.39 is 0 Å². The third kappa shape index (κ3) is 3.82. The highest BCUT2D eigenvalue weighted by atomic mass is 19.1. The van der Waals surface area contributed by atoms with E-state index in [2.05, 4.69) is 34.1 Å². The van der Waals surface area contributed by atoms with Gasteiger partial charge in [-0.3, -0.25) is 9.80 Å². The van der Waals surface area contributed by atoms with E-state index >= 15 is 0 Å². The van der Waals surface area contributed by atoms with Crippen molar-refractivity contribution in [1.82, 2.24) is 14.7 Å². The number of piperazine rings is 1. The molecule has 0 aromatic heterocycles. The van der Waals surface area contributed by atoms with Gasteiger partial charge in [-0.05, 0) is 35.2 Å². The lowest BCUT2D eigenvalue weighted by molar-refractivity contribution is 0.0893. The Morgan fingerprint density at radius 2 is 1.63 bits per heavy atom. The molecule has 2 aromatic carbocycles. The first-order valence-electron chi connectivity index (χ1n) is 10.9. The number of fused-ring (bicyclic) bond motifs is 1. The van der Waals surface area contributed by atoms with Crippen LogP contribution in [-0.2, 0) is 4.74 Å². The Morgan fingerprint density at radius 1 is 0.900 bits per heavy atom. The monoisotopic (exact) mass is 409 g/mol. The van der Waals surface area contributed by atoms with Crippen molar-refractivity contribution in [3.05, 3.63) is 71.0 Å². The number of hydrogen-bond donors (Lipinski definition) is 0. The number of halogens is 1. The number of hydrogen-bond acceptors (Lipinski definition) is 4. The lowest BCUT2D eigenvalue weighted by Crippen LogP contribution is -2.49. The summed E-state index contributed by atoms with van der Waals surface area (Å²) in [4.78, 5) is 18.5. The summed E-state index contributed by atoms with van der Waals surface area (Å²) in [5, 5.41) is 0. The van der Waals surface area contributed by atoms with E-state index in [1.54, 1.807) is 17.0 Å². The highest BCUT2D eigenvalue weighted by molar-refractivity contribution is 5.69. The van der Waals surface area contributed by atoms with Gasteiger partial charge in [-0.15, -0.1) is 0 Å². The highest BCUT2D eigenvalue weighted by Crippen LogP contribution is 2.46. The third-order valence-electron chi connectivity index (χ3n) is 6.84. The second-order valence-corrected chi connectivity index (χ2v) is 8.46. The first-order chi connectivity index (χ1) is 14.7. The van der Waals surface area contributed by atoms with Gasteiger partial charge in [0.25, 0.3) is 0 Å². The largest absolute Gasteiger partial charge is 0.448 e. The molecule has 30 heavy (non-hydrogen) atoms. The topological polar surface area (TPSA) is 36.0 Å². The maximum Gasteiger partial charge on any atom is 0.409 e. The molecular weight excluding hydrogens is 381 g/mol. The number of benzene rings is 2. The maximum absolute atomic E-state index is 13.4. The Balaban J connectivity index is 1.23. The van der Waals surface area contributed by atoms with Crippen LogP contribution < -0.4 is 0 Å². The Labute approximate surface area is 177 Å². The average molecular weight is 410 g/mol. The third-order valence-corrected chi connectivity index (χ3v) is 6.84. The zero-order valence-electron chi connectivity index (χ0n) is 17.2. The molecule has 158 valence electrons. The van der Waals surface area contributed by atoms with E-state index in [4.69, 9.17) is 4.74 Å². The second-order valence-electron chi connectivity index (χ2n) is 8.46. The molecule has 2 saturated heterocycles. The van der Waals surface area contributed by atoms with Gasteiger partial charge in [0.15, 0.2) is 0 Å². The van der Waals surface area contributed by atoms with Gasteiger partial charge in [-0.1, -0.05) is 36.4 Å². The fraction of sp³-hybridized carbons (Fsp3) is 0.458. The minimum atomic E-state index is -0.181. The molecule has 0 saturated carbocycles. The molecule has 0 spiro atoms. The van der Waals surface area contributed by atoms with Gasteiger partial charge < -0.3 is 9.64 Å². The summed E-state index contributed by atoms with van der Waals surface area (Å²) in [6.07, 6.45) is 0.868. The van der Waals surface area contributed by atoms with E-state index in [1.165, 1.54) is 16.7 Å². The average Bonchev–Trinajstić information content (AvgIpc) is 3.37. The molecule has 2 aliphatic heterocycles. The fourth-order valence-corrected chi connectivity index (χ4v) is 5.15. The van der Waals surface area contributed by atoms with Gasteiger partial charge in [-0.2, -0.15) is 0 Å². The van der Waals surface area contributed by atoms with Gasteiger partial charge >= 0.3 is 6.09 Å². The molecule has 5 rings (SSSR count). The van der Waals surface area contributed by atoms with Crippen LogP contribution in [0.2, 0.25) is 0 Å². The quantitative estimate of drug-likeness (QED) is 0.758. The highest BCUT2D eigenvalue weighted by Gasteiger charge is 2.36. The molecule has 2 atom stereocenters. The first-order valence-corrected chi connectivity index (χ1v) is 10.9. The van der Waals surface area contributed by atoms with Gasteiger partial charge in [0.2, 0.25) is 0 Å². The SMILES string of the molecule is O=C1OCCN1CCN1CCN(C2CC(c3ccc(F)cc3)c3ccccc32)CC1. The second kappa shape index (κ2) is 8.36. The molecule has 3 aliphatic rings. The Kier molecular flexibility index (Phi) is 5.44. The number of nitrogens with zero attached hydrogens (tertiary/aromatic N) is 3. The van der Waals surface area contributed by atoms with E-state index in [-0.39, 0.29) is 11.9 Å². The predicted molar refractivity (Wildman–Crippen MR) is 113 cm³/mol. The molecule has 2 unspecified atom stereocenters. The molecule has 2 fully saturated rings. The lowest BCUT2D eigenvalue weighted by Gasteiger charge is -2.38. The number of ether oxygens (including phenoxy) is 1. The van der Waals surface area contributed by atoms with Crippen LogP contribution in [-0.4, -0.2) is 73.2 Å². The Hall–Kier alpha value is -2.44. The number of rotatable bonds is 5. The van der Waals surface area contributed by atoms with Gasteiger partial charge in [0.1, 0.15) is 12.4 Å². The smallest absolute Gasteiger partial charge is 0.409 e. The summed E-state index contributed by atoms with van der Waals surface area (Å²) >= 11 is 0. The molecule has 0 N–H and O–H groups in total. The van der Waals surface area contributed by atoms with Crippen molar-refractivity contribution in [3.63, 3.8) is 0 Å². The summed E-state index contributed by atoms with van der Waals surface area (Å²) in [6.45, 7) is 6.97. The normalized spacial score (nSPS) is 24.8. The van der Waals surface area contributed by atoms with Crippen LogP contribution in [0.15, 0.2) is 48.5 Å². The van der Waals surface area contributed by atoms with Crippen molar-refractivity contribution >= 4 is 6.09 Å². The van der Waals surface area contributed by atoms with Crippen LogP contribution in [0.25, 0.3) is 0 Å². The Bertz CT molecular complexity index is 896. The van der Waals surface area contributed by atoms with Crippen LogP contribution >= 0.6 is 0 Å². The number of cyclic esters (lactones) is 1. The predicted octanol–water partition coefficient (Wildman–Crippen LogP) is 3.47. The number of carbonyl (C=O) groups is 1. The zero-order valence-corrected chi connectivity index (χ0v) is 17.2. The van der Waals surface area contributed by atoms with Crippen molar-refractivity contribution in [3.8, 4) is 0 Å². The van der Waals surface area contributed by atoms with Gasteiger partial charge in [0, 0.05) is 51.2 Å². The molecule has 1 amide bonds. The number of carbonyl (C=O) groups excluding carboxylic acids is 1. The van der Waals surface area contributed by atoms with Crippen LogP contribution in [0.1, 0.15) is 35.1 Å². The minimum absolute atomic E-state index is 0.178. The van der Waals surface area contributed by atoms with Crippen molar-refractivity contribution in [2.75, 3.05) is 52.4 Å². The summed E-state index contributed by atoms with van der Waals surface area (Å²) in [5.41, 5.74) is 3.99. The molecule has 0 bridgehead atoms. The molecule has 5 nitrogen and oxygen atoms in total. The molecular formula is C24H28FN3O2. The maximum atomic E-state index is 13.4. The molecule has 6 heteroatoms. The summed E-state index contributed by atoms with van der Waals surface area (Å²) in [5.74, 6) is 0.144. The Morgan fingerprint density at radius 3 is 2.33 bits per heavy atom. The molecule has 2 heterocycles. The van der Waals surface area contributed by atoms with E-state index in [0.717, 1.165) is 45.7 Å². The lowest BCUT2D eigenvalue weighted by atomic mass is 9.93. The van der Waals surface area contributed by atoms with Crippen LogP contribution in [0.3, 0.4) is 0 Å². The molecule has 2 aromatic rings. The van der Waals surface area contributed by atoms with Crippen LogP contribution in [0.4, 0.5) is 9.18 Å². The van der Waals surface area contributed by atoms with Crippen molar-refractivity contribution in [2.24, 2.45) is 0 Å². The summed E-state index contributed by atoms with van der Waals surface area (Å²) in [6, 6.07) is 16.1. The fourth-order valence-electron chi connectivity index (χ4n) is 5.15. The van der Waals surface area contributed by atoms with Crippen molar-refractivity contribution in [1.29, 1.82) is 0 Å². The molecule has 0 radical (unpaired) electrons. The summed E-state index contributed by atoms with van der Waals surface area (Å²) < 4.78 is 18.4. The van der Waals surface area contributed by atoms with Gasteiger partial charge in [-0.25, -0.2) is 9.18 Å². The van der Waals surface area contributed by atoms with Crippen molar-refractivity contribution in [2.45, 2.75) is 18.4 Å². The number of amides is 1.